The van der Waals surface area contributed by atoms with Gasteiger partial charge in [0.1, 0.15) is 4.21 Å². The van der Waals surface area contributed by atoms with E-state index < -0.39 is 10.0 Å². The van der Waals surface area contributed by atoms with Gasteiger partial charge >= 0.3 is 0 Å². The molecule has 2 rings (SSSR count). The van der Waals surface area contributed by atoms with Crippen molar-refractivity contribution in [3.63, 3.8) is 0 Å². The smallest absolute Gasteiger partial charge is 0.277 e. The zero-order valence-electron chi connectivity index (χ0n) is 8.54. The molecule has 0 unspecified atom stereocenters. The van der Waals surface area contributed by atoms with Gasteiger partial charge in [0.2, 0.25) is 0 Å². The van der Waals surface area contributed by atoms with E-state index in [0.717, 1.165) is 5.56 Å². The largest absolute Gasteiger partial charge is 0.330 e. The summed E-state index contributed by atoms with van der Waals surface area (Å²) < 4.78 is 25.7. The van der Waals surface area contributed by atoms with Crippen molar-refractivity contribution < 1.29 is 8.42 Å². The molecule has 0 saturated carbocycles. The first kappa shape index (κ1) is 11.4. The van der Waals surface area contributed by atoms with E-state index in [1.807, 2.05) is 0 Å². The predicted molar refractivity (Wildman–Crippen MR) is 64.1 cm³/mol. The fourth-order valence-corrected chi connectivity index (χ4v) is 3.71. The highest BCUT2D eigenvalue weighted by Gasteiger charge is 2.17. The van der Waals surface area contributed by atoms with Crippen molar-refractivity contribution in [3.8, 4) is 0 Å². The zero-order valence-corrected chi connectivity index (χ0v) is 10.2. The monoisotopic (exact) mass is 256 g/mol. The summed E-state index contributed by atoms with van der Waals surface area (Å²) in [6.07, 6.45) is 3.86. The van der Waals surface area contributed by atoms with Crippen LogP contribution in [-0.2, 0) is 16.4 Å². The van der Waals surface area contributed by atoms with Crippen LogP contribution in [-0.4, -0.2) is 18.9 Å². The molecule has 0 aliphatic rings. The van der Waals surface area contributed by atoms with Crippen LogP contribution in [0.15, 0.2) is 40.2 Å². The number of nitrogens with zero attached hydrogens (tertiary/aromatic N) is 1. The number of hydrogen-bond donors (Lipinski definition) is 1. The first-order chi connectivity index (χ1) is 7.64. The maximum Gasteiger partial charge on any atom is 0.277 e. The highest BCUT2D eigenvalue weighted by atomic mass is 32.2. The molecule has 4 nitrogen and oxygen atoms in total. The Kier molecular flexibility index (Phi) is 3.13. The average molecular weight is 256 g/mol. The predicted octanol–water partition coefficient (Wildman–Crippen LogP) is 1.29. The molecule has 0 amide bonds. The van der Waals surface area contributed by atoms with E-state index in [4.69, 9.17) is 5.73 Å². The Morgan fingerprint density at radius 1 is 1.38 bits per heavy atom. The third-order valence-electron chi connectivity index (χ3n) is 2.19. The van der Waals surface area contributed by atoms with Gasteiger partial charge in [-0.05, 0) is 36.0 Å². The summed E-state index contributed by atoms with van der Waals surface area (Å²) in [7, 11) is -3.40. The molecule has 0 saturated heterocycles. The molecular weight excluding hydrogens is 244 g/mol. The summed E-state index contributed by atoms with van der Waals surface area (Å²) in [6, 6.07) is 5.10. The minimum atomic E-state index is -3.40. The molecule has 2 heterocycles. The number of aromatic nitrogens is 1. The van der Waals surface area contributed by atoms with Gasteiger partial charge < -0.3 is 5.73 Å². The molecule has 16 heavy (non-hydrogen) atoms. The highest BCUT2D eigenvalue weighted by molar-refractivity contribution is 7.92. The second-order valence-electron chi connectivity index (χ2n) is 3.33. The molecule has 0 radical (unpaired) electrons. The van der Waals surface area contributed by atoms with E-state index in [-0.39, 0.29) is 0 Å². The lowest BCUT2D eigenvalue weighted by Gasteiger charge is -2.01. The summed E-state index contributed by atoms with van der Waals surface area (Å²) in [5, 5.41) is 1.75. The van der Waals surface area contributed by atoms with Gasteiger partial charge in [0.05, 0.1) is 0 Å². The molecule has 0 aromatic carbocycles. The normalized spacial score (nSPS) is 11.8. The second-order valence-corrected chi connectivity index (χ2v) is 6.34. The van der Waals surface area contributed by atoms with E-state index in [1.54, 1.807) is 36.0 Å². The van der Waals surface area contributed by atoms with Crippen LogP contribution in [0.25, 0.3) is 0 Å². The van der Waals surface area contributed by atoms with Crippen molar-refractivity contribution in [1.82, 2.24) is 3.97 Å². The van der Waals surface area contributed by atoms with Crippen LogP contribution in [0.2, 0.25) is 0 Å². The van der Waals surface area contributed by atoms with Crippen molar-refractivity contribution in [2.24, 2.45) is 5.73 Å². The zero-order chi connectivity index (χ0) is 11.6. The average Bonchev–Trinajstić information content (AvgIpc) is 2.88. The van der Waals surface area contributed by atoms with E-state index >= 15 is 0 Å². The van der Waals surface area contributed by atoms with Gasteiger partial charge in [-0.15, -0.1) is 11.3 Å². The third-order valence-corrected chi connectivity index (χ3v) is 5.20. The number of thiophene rings is 1. The van der Waals surface area contributed by atoms with Gasteiger partial charge in [-0.3, -0.25) is 0 Å². The molecule has 0 aliphatic heterocycles. The fraction of sp³-hybridized carbons (Fsp3) is 0.200. The van der Waals surface area contributed by atoms with Crippen LogP contribution < -0.4 is 5.73 Å². The molecule has 6 heteroatoms. The van der Waals surface area contributed by atoms with Gasteiger partial charge in [-0.2, -0.15) is 8.42 Å². The minimum Gasteiger partial charge on any atom is -0.330 e. The van der Waals surface area contributed by atoms with Crippen molar-refractivity contribution in [2.45, 2.75) is 10.6 Å². The lowest BCUT2D eigenvalue weighted by atomic mass is 10.2. The first-order valence-electron chi connectivity index (χ1n) is 4.80. The Bertz CT molecular complexity index is 555. The van der Waals surface area contributed by atoms with Crippen molar-refractivity contribution in [2.75, 3.05) is 6.54 Å². The van der Waals surface area contributed by atoms with Gasteiger partial charge in [0.25, 0.3) is 10.0 Å². The van der Waals surface area contributed by atoms with Crippen LogP contribution in [0, 0.1) is 0 Å². The van der Waals surface area contributed by atoms with Crippen LogP contribution in [0.1, 0.15) is 5.56 Å². The van der Waals surface area contributed by atoms with Crippen LogP contribution in [0.4, 0.5) is 0 Å². The van der Waals surface area contributed by atoms with Gasteiger partial charge in [-0.1, -0.05) is 6.07 Å². The molecule has 2 aromatic heterocycles. The van der Waals surface area contributed by atoms with Crippen molar-refractivity contribution >= 4 is 21.4 Å². The lowest BCUT2D eigenvalue weighted by Crippen LogP contribution is -2.09. The molecule has 0 atom stereocenters. The molecular formula is C10H12N2O2S2. The maximum atomic E-state index is 12.1. The standard InChI is InChI=1S/C10H12N2O2S2/c11-5-3-9-4-6-12(8-9)16(13,14)10-2-1-7-15-10/h1-2,4,6-8H,3,5,11H2. The summed E-state index contributed by atoms with van der Waals surface area (Å²) in [4.78, 5) is 0. The Morgan fingerprint density at radius 3 is 2.81 bits per heavy atom. The number of hydrogen-bond acceptors (Lipinski definition) is 4. The Labute approximate surface area is 98.4 Å². The molecule has 0 fully saturated rings. The lowest BCUT2D eigenvalue weighted by molar-refractivity contribution is 0.589. The molecule has 0 bridgehead atoms. The van der Waals surface area contributed by atoms with Crippen molar-refractivity contribution in [3.05, 3.63) is 41.5 Å². The van der Waals surface area contributed by atoms with Crippen LogP contribution in [0.5, 0.6) is 0 Å². The molecule has 0 aliphatic carbocycles. The first-order valence-corrected chi connectivity index (χ1v) is 7.12. The van der Waals surface area contributed by atoms with Crippen LogP contribution in [0.3, 0.4) is 0 Å². The summed E-state index contributed by atoms with van der Waals surface area (Å²) in [6.45, 7) is 0.517. The quantitative estimate of drug-likeness (QED) is 0.896. The third kappa shape index (κ3) is 2.04. The second kappa shape index (κ2) is 4.40. The van der Waals surface area contributed by atoms with E-state index in [0.29, 0.717) is 17.2 Å². The van der Waals surface area contributed by atoms with E-state index in [9.17, 15) is 8.42 Å². The topological polar surface area (TPSA) is 65.1 Å². The minimum absolute atomic E-state index is 0.349. The van der Waals surface area contributed by atoms with Crippen molar-refractivity contribution in [1.29, 1.82) is 0 Å². The SMILES string of the molecule is NCCc1ccn(S(=O)(=O)c2cccs2)c1. The Balaban J connectivity index is 2.37. The van der Waals surface area contributed by atoms with Gasteiger partial charge in [0, 0.05) is 12.4 Å². The molecule has 2 aromatic rings. The fourth-order valence-electron chi connectivity index (χ4n) is 1.40. The maximum absolute atomic E-state index is 12.1. The summed E-state index contributed by atoms with van der Waals surface area (Å²) in [5.74, 6) is 0. The highest BCUT2D eigenvalue weighted by Crippen LogP contribution is 2.20. The van der Waals surface area contributed by atoms with Gasteiger partial charge in [0.15, 0.2) is 0 Å². The summed E-state index contributed by atoms with van der Waals surface area (Å²) in [5.41, 5.74) is 6.35. The molecule has 2 N–H and O–H groups in total. The Morgan fingerprint density at radius 2 is 2.19 bits per heavy atom. The van der Waals surface area contributed by atoms with E-state index in [1.165, 1.54) is 15.3 Å². The molecule has 0 spiro atoms. The molecule has 86 valence electrons. The number of nitrogens with two attached hydrogens (primary N) is 1. The van der Waals surface area contributed by atoms with E-state index in [2.05, 4.69) is 0 Å². The summed E-state index contributed by atoms with van der Waals surface area (Å²) >= 11 is 1.21. The number of rotatable bonds is 4. The van der Waals surface area contributed by atoms with Gasteiger partial charge in [-0.25, -0.2) is 3.97 Å². The Hall–Kier alpha value is -1.11. The van der Waals surface area contributed by atoms with Crippen LogP contribution >= 0.6 is 11.3 Å².